The van der Waals surface area contributed by atoms with Gasteiger partial charge in [0.1, 0.15) is 11.6 Å². The van der Waals surface area contributed by atoms with Gasteiger partial charge in [-0.2, -0.15) is 0 Å². The van der Waals surface area contributed by atoms with E-state index < -0.39 is 0 Å². The lowest BCUT2D eigenvalue weighted by Crippen LogP contribution is -2.32. The van der Waals surface area contributed by atoms with Gasteiger partial charge in [-0.25, -0.2) is 8.78 Å². The Hall–Kier alpha value is -2.30. The maximum atomic E-state index is 13.9. The number of hydrogen-bond donors (Lipinski definition) is 1. The highest BCUT2D eigenvalue weighted by atomic mass is 19.1. The van der Waals surface area contributed by atoms with Crippen LogP contribution in [-0.4, -0.2) is 36.2 Å². The maximum Gasteiger partial charge on any atom is 0.123 e. The SMILES string of the molecule is OCCN1CC=C(C2C=C(c3ccc(F)cc3)c3ccc(F)cc32)CC1. The molecule has 1 unspecified atom stereocenters. The second kappa shape index (κ2) is 7.14. The van der Waals surface area contributed by atoms with Gasteiger partial charge in [0.15, 0.2) is 0 Å². The monoisotopic (exact) mass is 353 g/mol. The number of aliphatic hydroxyl groups is 1. The smallest absolute Gasteiger partial charge is 0.123 e. The Morgan fingerprint density at radius 1 is 1.04 bits per heavy atom. The zero-order valence-corrected chi connectivity index (χ0v) is 14.5. The molecule has 0 fully saturated rings. The molecule has 1 N–H and O–H groups in total. The standard InChI is InChI=1S/C22H21F2NO/c23-17-3-1-15(2-4-17)20-14-21(22-13-18(24)5-6-19(20)22)16-7-9-25(10-8-16)11-12-26/h1-7,13-14,21,26H,8-12H2. The average molecular weight is 353 g/mol. The third kappa shape index (κ3) is 3.22. The molecular formula is C22H21F2NO. The molecule has 0 radical (unpaired) electrons. The number of aliphatic hydroxyl groups excluding tert-OH is 1. The molecule has 0 bridgehead atoms. The van der Waals surface area contributed by atoms with Crippen molar-refractivity contribution in [3.8, 4) is 0 Å². The Bertz CT molecular complexity index is 870. The van der Waals surface area contributed by atoms with E-state index in [1.54, 1.807) is 18.2 Å². The third-order valence-corrected chi connectivity index (χ3v) is 5.27. The average Bonchev–Trinajstić information content (AvgIpc) is 3.02. The first-order chi connectivity index (χ1) is 12.7. The highest BCUT2D eigenvalue weighted by molar-refractivity contribution is 5.86. The van der Waals surface area contributed by atoms with Crippen molar-refractivity contribution in [1.82, 2.24) is 4.90 Å². The lowest BCUT2D eigenvalue weighted by atomic mass is 9.89. The lowest BCUT2D eigenvalue weighted by Gasteiger charge is -2.28. The number of allylic oxidation sites excluding steroid dienone is 1. The van der Waals surface area contributed by atoms with E-state index in [0.29, 0.717) is 6.54 Å². The van der Waals surface area contributed by atoms with E-state index >= 15 is 0 Å². The first-order valence-electron chi connectivity index (χ1n) is 8.95. The van der Waals surface area contributed by atoms with Crippen molar-refractivity contribution in [1.29, 1.82) is 0 Å². The quantitative estimate of drug-likeness (QED) is 0.836. The predicted molar refractivity (Wildman–Crippen MR) is 98.8 cm³/mol. The number of fused-ring (bicyclic) bond motifs is 1. The van der Waals surface area contributed by atoms with Gasteiger partial charge in [-0.15, -0.1) is 0 Å². The molecule has 1 aliphatic carbocycles. The van der Waals surface area contributed by atoms with E-state index in [2.05, 4.69) is 17.1 Å². The summed E-state index contributed by atoms with van der Waals surface area (Å²) in [5.41, 5.74) is 5.25. The second-order valence-electron chi connectivity index (χ2n) is 6.85. The number of halogens is 2. The topological polar surface area (TPSA) is 23.5 Å². The Balaban J connectivity index is 1.71. The van der Waals surface area contributed by atoms with Crippen LogP contribution in [0.5, 0.6) is 0 Å². The summed E-state index contributed by atoms with van der Waals surface area (Å²) in [5, 5.41) is 9.10. The van der Waals surface area contributed by atoms with Crippen molar-refractivity contribution in [3.05, 3.63) is 88.5 Å². The van der Waals surface area contributed by atoms with Crippen LogP contribution in [0, 0.1) is 11.6 Å². The molecule has 1 atom stereocenters. The Morgan fingerprint density at radius 3 is 2.50 bits per heavy atom. The molecule has 4 rings (SSSR count). The Labute approximate surface area is 152 Å². The van der Waals surface area contributed by atoms with Gasteiger partial charge in [-0.05, 0) is 52.9 Å². The van der Waals surface area contributed by atoms with Gasteiger partial charge in [-0.3, -0.25) is 4.90 Å². The van der Waals surface area contributed by atoms with Crippen molar-refractivity contribution in [3.63, 3.8) is 0 Å². The van der Waals surface area contributed by atoms with E-state index in [-0.39, 0.29) is 24.2 Å². The molecule has 4 heteroatoms. The molecule has 1 heterocycles. The molecule has 0 aromatic heterocycles. The lowest BCUT2D eigenvalue weighted by molar-refractivity contribution is 0.204. The molecule has 134 valence electrons. The first kappa shape index (κ1) is 17.1. The summed E-state index contributed by atoms with van der Waals surface area (Å²) in [6.07, 6.45) is 5.27. The predicted octanol–water partition coefficient (Wildman–Crippen LogP) is 4.12. The summed E-state index contributed by atoms with van der Waals surface area (Å²) in [5.74, 6) is -0.444. The summed E-state index contributed by atoms with van der Waals surface area (Å²) in [6.45, 7) is 2.54. The van der Waals surface area contributed by atoms with E-state index in [0.717, 1.165) is 41.8 Å². The number of benzene rings is 2. The molecule has 0 saturated heterocycles. The number of rotatable bonds is 4. The van der Waals surface area contributed by atoms with Crippen molar-refractivity contribution in [2.75, 3.05) is 26.2 Å². The van der Waals surface area contributed by atoms with Crippen LogP contribution >= 0.6 is 0 Å². The summed E-state index contributed by atoms with van der Waals surface area (Å²) in [7, 11) is 0. The van der Waals surface area contributed by atoms with Gasteiger partial charge in [0.25, 0.3) is 0 Å². The molecular weight excluding hydrogens is 332 g/mol. The van der Waals surface area contributed by atoms with Gasteiger partial charge in [0, 0.05) is 25.6 Å². The zero-order valence-electron chi connectivity index (χ0n) is 14.5. The highest BCUT2D eigenvalue weighted by Crippen LogP contribution is 2.44. The van der Waals surface area contributed by atoms with Crippen molar-refractivity contribution in [2.24, 2.45) is 0 Å². The highest BCUT2D eigenvalue weighted by Gasteiger charge is 2.28. The van der Waals surface area contributed by atoms with E-state index in [1.807, 2.05) is 6.07 Å². The van der Waals surface area contributed by atoms with Crippen molar-refractivity contribution in [2.45, 2.75) is 12.3 Å². The summed E-state index contributed by atoms with van der Waals surface area (Å²) >= 11 is 0. The maximum absolute atomic E-state index is 13.9. The molecule has 0 spiro atoms. The van der Waals surface area contributed by atoms with Crippen molar-refractivity contribution < 1.29 is 13.9 Å². The third-order valence-electron chi connectivity index (χ3n) is 5.27. The zero-order chi connectivity index (χ0) is 18.1. The minimum absolute atomic E-state index is 0.0528. The normalized spacial score (nSPS) is 19.9. The van der Waals surface area contributed by atoms with Crippen molar-refractivity contribution >= 4 is 5.57 Å². The number of nitrogens with zero attached hydrogens (tertiary/aromatic N) is 1. The fourth-order valence-electron chi connectivity index (χ4n) is 3.92. The summed E-state index contributed by atoms with van der Waals surface area (Å²) in [6, 6.07) is 11.4. The molecule has 2 aliphatic rings. The minimum Gasteiger partial charge on any atom is -0.395 e. The summed E-state index contributed by atoms with van der Waals surface area (Å²) in [4.78, 5) is 2.20. The van der Waals surface area contributed by atoms with Gasteiger partial charge < -0.3 is 5.11 Å². The second-order valence-corrected chi connectivity index (χ2v) is 6.85. The van der Waals surface area contributed by atoms with E-state index in [4.69, 9.17) is 5.11 Å². The van der Waals surface area contributed by atoms with Crippen LogP contribution in [0.1, 0.15) is 29.0 Å². The van der Waals surface area contributed by atoms with Crippen LogP contribution in [0.25, 0.3) is 5.57 Å². The minimum atomic E-state index is -0.262. The van der Waals surface area contributed by atoms with Gasteiger partial charge in [-0.1, -0.05) is 35.9 Å². The fraction of sp³-hybridized carbons (Fsp3) is 0.273. The Morgan fingerprint density at radius 2 is 1.81 bits per heavy atom. The van der Waals surface area contributed by atoms with Crippen LogP contribution in [0.3, 0.4) is 0 Å². The molecule has 1 aliphatic heterocycles. The number of hydrogen-bond acceptors (Lipinski definition) is 2. The Kier molecular flexibility index (Phi) is 4.70. The van der Waals surface area contributed by atoms with Crippen LogP contribution in [0.2, 0.25) is 0 Å². The van der Waals surface area contributed by atoms with Gasteiger partial charge in [0.05, 0.1) is 6.61 Å². The van der Waals surface area contributed by atoms with Crippen LogP contribution < -0.4 is 0 Å². The van der Waals surface area contributed by atoms with E-state index in [1.165, 1.54) is 23.8 Å². The van der Waals surface area contributed by atoms with Crippen LogP contribution in [0.15, 0.2) is 60.2 Å². The van der Waals surface area contributed by atoms with Crippen LogP contribution in [-0.2, 0) is 0 Å². The molecule has 2 aromatic carbocycles. The van der Waals surface area contributed by atoms with Gasteiger partial charge >= 0.3 is 0 Å². The molecule has 26 heavy (non-hydrogen) atoms. The number of β-amino-alcohol motifs (C(OH)–C–C–N with tert-alkyl or cyclic N) is 1. The first-order valence-corrected chi connectivity index (χ1v) is 8.95. The molecule has 0 saturated carbocycles. The molecule has 2 nitrogen and oxygen atoms in total. The van der Waals surface area contributed by atoms with Crippen LogP contribution in [0.4, 0.5) is 8.78 Å². The molecule has 0 amide bonds. The fourth-order valence-corrected chi connectivity index (χ4v) is 3.92. The van der Waals surface area contributed by atoms with E-state index in [9.17, 15) is 8.78 Å². The molecule has 2 aromatic rings. The summed E-state index contributed by atoms with van der Waals surface area (Å²) < 4.78 is 27.2. The van der Waals surface area contributed by atoms with Gasteiger partial charge in [0.2, 0.25) is 0 Å². The largest absolute Gasteiger partial charge is 0.395 e.